The van der Waals surface area contributed by atoms with Crippen molar-refractivity contribution in [2.75, 3.05) is 10.2 Å². The highest BCUT2D eigenvalue weighted by molar-refractivity contribution is 7.20. The molecule has 4 heterocycles. The molecule has 57 heavy (non-hydrogen) atoms. The molecule has 7 aromatic carbocycles. The average molecular weight is 751 g/mol. The summed E-state index contributed by atoms with van der Waals surface area (Å²) < 4.78 is 3.78. The fraction of sp³-hybridized carbons (Fsp3) is 0.0769. The van der Waals surface area contributed by atoms with Crippen molar-refractivity contribution in [2.45, 2.75) is 24.3 Å². The Morgan fingerprint density at radius 1 is 0.526 bits per heavy atom. The van der Waals surface area contributed by atoms with Crippen LogP contribution in [0.2, 0.25) is 0 Å². The first kappa shape index (κ1) is 32.6. The lowest BCUT2D eigenvalue weighted by Gasteiger charge is -2.35. The minimum atomic E-state index is -0.182. The van der Waals surface area contributed by atoms with Crippen molar-refractivity contribution in [2.24, 2.45) is 0 Å². The van der Waals surface area contributed by atoms with Crippen LogP contribution >= 0.6 is 11.3 Å². The third-order valence-corrected chi connectivity index (χ3v) is 13.4. The lowest BCUT2D eigenvalue weighted by Crippen LogP contribution is -2.39. The van der Waals surface area contributed by atoms with Crippen molar-refractivity contribution < 1.29 is 0 Å². The van der Waals surface area contributed by atoms with E-state index in [1.54, 1.807) is 0 Å². The summed E-state index contributed by atoms with van der Waals surface area (Å²) in [5, 5.41) is 11.9. The van der Waals surface area contributed by atoms with E-state index in [4.69, 9.17) is 0 Å². The van der Waals surface area contributed by atoms with Gasteiger partial charge in [-0.25, -0.2) is 0 Å². The van der Waals surface area contributed by atoms with Crippen LogP contribution in [0.3, 0.4) is 0 Å². The smallest absolute Gasteiger partial charge is 0.160 e. The Morgan fingerprint density at radius 3 is 2.12 bits per heavy atom. The number of hydrogen-bond donors (Lipinski definition) is 2. The maximum atomic E-state index is 4.08. The number of nitrogens with one attached hydrogen (secondary N) is 2. The average Bonchev–Trinajstić information content (AvgIpc) is 3.94. The summed E-state index contributed by atoms with van der Waals surface area (Å²) in [7, 11) is 0. The quantitative estimate of drug-likeness (QED) is 0.184. The molecule has 0 radical (unpaired) electrons. The predicted molar refractivity (Wildman–Crippen MR) is 240 cm³/mol. The van der Waals surface area contributed by atoms with Gasteiger partial charge in [0.15, 0.2) is 6.29 Å². The summed E-state index contributed by atoms with van der Waals surface area (Å²) in [6.07, 6.45) is 8.96. The normalized spacial score (nSPS) is 19.5. The first-order valence-corrected chi connectivity index (χ1v) is 20.6. The van der Waals surface area contributed by atoms with Crippen molar-refractivity contribution in [3.8, 4) is 22.3 Å². The number of nitrogens with zero attached hydrogens (tertiary/aromatic N) is 2. The number of hydrogen-bond acceptors (Lipinski definition) is 4. The lowest BCUT2D eigenvalue weighted by molar-refractivity contribution is 0.422. The van der Waals surface area contributed by atoms with E-state index in [1.807, 2.05) is 11.3 Å². The third-order valence-electron chi connectivity index (χ3n) is 12.2. The summed E-state index contributed by atoms with van der Waals surface area (Å²) in [6.45, 7) is 0. The van der Waals surface area contributed by atoms with Crippen LogP contribution in [0.5, 0.6) is 0 Å². The van der Waals surface area contributed by atoms with E-state index < -0.39 is 0 Å². The molecule has 0 spiro atoms. The van der Waals surface area contributed by atoms with Crippen molar-refractivity contribution in [3.63, 3.8) is 0 Å². The molecular formula is C52H38N4S. The maximum Gasteiger partial charge on any atom is 0.160 e. The van der Waals surface area contributed by atoms with E-state index >= 15 is 0 Å². The number of fused-ring (bicyclic) bond motifs is 9. The predicted octanol–water partition coefficient (Wildman–Crippen LogP) is 13.3. The Bertz CT molecular complexity index is 3060. The molecule has 2 aromatic heterocycles. The van der Waals surface area contributed by atoms with Crippen LogP contribution in [0.25, 0.3) is 54.1 Å². The topological polar surface area (TPSA) is 32.2 Å². The molecule has 5 heteroatoms. The van der Waals surface area contributed by atoms with Gasteiger partial charge < -0.3 is 14.8 Å². The zero-order chi connectivity index (χ0) is 37.5. The fourth-order valence-corrected chi connectivity index (χ4v) is 10.9. The van der Waals surface area contributed by atoms with Gasteiger partial charge in [0.2, 0.25) is 0 Å². The third kappa shape index (κ3) is 5.16. The summed E-state index contributed by atoms with van der Waals surface area (Å²) >= 11 is 1.88. The summed E-state index contributed by atoms with van der Waals surface area (Å²) in [4.78, 5) is 3.85. The monoisotopic (exact) mass is 750 g/mol. The number of anilines is 3. The van der Waals surface area contributed by atoms with Gasteiger partial charge in [0.25, 0.3) is 0 Å². The highest BCUT2D eigenvalue weighted by Gasteiger charge is 2.38. The Balaban J connectivity index is 0.983. The SMILES string of the molecule is C1=CC2c3cc(-c4ccc5c6ccccc6n(C6Nc7c(sc8ccccc78)C(c7ccccc7)N6)c5c4)ccc3N(c3cccc(-c4ccccc4)c3)C2C=C1. The highest BCUT2D eigenvalue weighted by Crippen LogP contribution is 2.50. The minimum Gasteiger partial charge on any atom is -0.351 e. The van der Waals surface area contributed by atoms with Gasteiger partial charge in [-0.15, -0.1) is 11.3 Å². The summed E-state index contributed by atoms with van der Waals surface area (Å²) in [5.74, 6) is 0.265. The second-order valence-corrected chi connectivity index (χ2v) is 16.4. The van der Waals surface area contributed by atoms with Gasteiger partial charge >= 0.3 is 0 Å². The molecule has 4 atom stereocenters. The molecule has 2 aliphatic heterocycles. The van der Waals surface area contributed by atoms with Gasteiger partial charge in [-0.05, 0) is 75.8 Å². The highest BCUT2D eigenvalue weighted by atomic mass is 32.1. The molecule has 1 aliphatic carbocycles. The molecule has 4 unspecified atom stereocenters. The standard InChI is InChI=1S/C52H38N4S/c1-3-14-33(15-4-1)35-18-13-19-38(30-35)55-44-23-10-8-21-40(44)43-31-36(27-29-46(43)55)37-26-28-41-39-20-7-11-24-45(39)56(47(41)32-37)52-53-49(34-16-5-2-6-17-34)51-50(54-52)42-22-9-12-25-48(42)57-51/h1-32,40,44,49,52-54H. The van der Waals surface area contributed by atoms with Crippen LogP contribution in [-0.2, 0) is 0 Å². The molecule has 9 aromatic rings. The van der Waals surface area contributed by atoms with Gasteiger partial charge in [0, 0.05) is 38.2 Å². The van der Waals surface area contributed by atoms with Gasteiger partial charge in [-0.2, -0.15) is 0 Å². The van der Waals surface area contributed by atoms with Crippen molar-refractivity contribution >= 4 is 60.3 Å². The number of para-hydroxylation sites is 1. The second-order valence-electron chi connectivity index (χ2n) is 15.4. The summed E-state index contributed by atoms with van der Waals surface area (Å²) in [5.41, 5.74) is 13.6. The van der Waals surface area contributed by atoms with Gasteiger partial charge in [-0.1, -0.05) is 152 Å². The van der Waals surface area contributed by atoms with Crippen molar-refractivity contribution in [3.05, 3.63) is 210 Å². The molecule has 0 saturated heterocycles. The molecule has 12 rings (SSSR count). The second kappa shape index (κ2) is 13.0. The number of aromatic nitrogens is 1. The first-order chi connectivity index (χ1) is 28.3. The maximum absolute atomic E-state index is 4.08. The summed E-state index contributed by atoms with van der Waals surface area (Å²) in [6, 6.07) is 62.6. The van der Waals surface area contributed by atoms with E-state index in [2.05, 4.69) is 214 Å². The number of benzene rings is 7. The van der Waals surface area contributed by atoms with Crippen LogP contribution in [0.15, 0.2) is 194 Å². The fourth-order valence-electron chi connectivity index (χ4n) is 9.61. The Labute approximate surface area is 335 Å². The van der Waals surface area contributed by atoms with E-state index in [0.717, 1.165) is 0 Å². The van der Waals surface area contributed by atoms with Gasteiger partial charge in [-0.3, -0.25) is 5.32 Å². The molecule has 0 fully saturated rings. The Hall–Kier alpha value is -6.66. The first-order valence-electron chi connectivity index (χ1n) is 19.8. The van der Waals surface area contributed by atoms with Crippen LogP contribution in [0, 0.1) is 0 Å². The zero-order valence-electron chi connectivity index (χ0n) is 31.1. The Kier molecular flexibility index (Phi) is 7.40. The molecule has 0 saturated carbocycles. The van der Waals surface area contributed by atoms with Crippen molar-refractivity contribution in [1.82, 2.24) is 9.88 Å². The minimum absolute atomic E-state index is 0.0443. The molecule has 0 bridgehead atoms. The van der Waals surface area contributed by atoms with E-state index in [1.165, 1.54) is 87.2 Å². The number of allylic oxidation sites excluding steroid dienone is 2. The molecule has 0 amide bonds. The largest absolute Gasteiger partial charge is 0.351 e. The molecular weight excluding hydrogens is 713 g/mol. The van der Waals surface area contributed by atoms with E-state index in [9.17, 15) is 0 Å². The number of thiophene rings is 1. The van der Waals surface area contributed by atoms with Crippen molar-refractivity contribution in [1.29, 1.82) is 0 Å². The lowest BCUT2D eigenvalue weighted by atomic mass is 9.89. The number of rotatable bonds is 5. The van der Waals surface area contributed by atoms with E-state index in [-0.39, 0.29) is 24.3 Å². The van der Waals surface area contributed by atoms with Crippen LogP contribution in [-0.4, -0.2) is 10.6 Å². The zero-order valence-corrected chi connectivity index (χ0v) is 31.9. The van der Waals surface area contributed by atoms with Gasteiger partial charge in [0.05, 0.1) is 33.7 Å². The molecule has 272 valence electrons. The Morgan fingerprint density at radius 2 is 1.23 bits per heavy atom. The molecule has 3 aliphatic rings. The van der Waals surface area contributed by atoms with Crippen LogP contribution in [0.1, 0.15) is 34.3 Å². The van der Waals surface area contributed by atoms with Crippen LogP contribution in [0.4, 0.5) is 17.1 Å². The van der Waals surface area contributed by atoms with E-state index in [0.29, 0.717) is 0 Å². The van der Waals surface area contributed by atoms with Gasteiger partial charge in [0.1, 0.15) is 0 Å². The molecule has 2 N–H and O–H groups in total. The van der Waals surface area contributed by atoms with Crippen LogP contribution < -0.4 is 15.5 Å². The molecule has 4 nitrogen and oxygen atoms in total.